The lowest BCUT2D eigenvalue weighted by Gasteiger charge is -2.15. The third-order valence-corrected chi connectivity index (χ3v) is 6.04. The van der Waals surface area contributed by atoms with Crippen LogP contribution in [0.5, 0.6) is 5.75 Å². The molecule has 1 atom stereocenters. The number of amides is 2. The Labute approximate surface area is 207 Å². The van der Waals surface area contributed by atoms with Crippen molar-refractivity contribution in [2.45, 2.75) is 38.0 Å². The summed E-state index contributed by atoms with van der Waals surface area (Å²) >= 11 is 1.21. The normalized spacial score (nSPS) is 11.5. The Bertz CT molecular complexity index is 1200. The molecule has 0 radical (unpaired) electrons. The van der Waals surface area contributed by atoms with Gasteiger partial charge in [-0.3, -0.25) is 9.59 Å². The van der Waals surface area contributed by atoms with Crippen LogP contribution in [0.1, 0.15) is 41.6 Å². The largest absolute Gasteiger partial charge is 0.497 e. The summed E-state index contributed by atoms with van der Waals surface area (Å²) in [5.41, 5.74) is 1.36. The highest BCUT2D eigenvalue weighted by Gasteiger charge is 2.20. The molecule has 0 aliphatic rings. The van der Waals surface area contributed by atoms with Gasteiger partial charge in [-0.05, 0) is 49.7 Å². The number of anilines is 1. The van der Waals surface area contributed by atoms with Crippen molar-refractivity contribution in [3.8, 4) is 5.75 Å². The quantitative estimate of drug-likeness (QED) is 0.344. The molecule has 0 saturated carbocycles. The molecule has 0 aliphatic heterocycles. The maximum absolute atomic E-state index is 12.5. The van der Waals surface area contributed by atoms with Crippen LogP contribution in [-0.2, 0) is 22.6 Å². The predicted molar refractivity (Wildman–Crippen MR) is 132 cm³/mol. The van der Waals surface area contributed by atoms with E-state index in [0.29, 0.717) is 23.2 Å². The molecule has 0 bridgehead atoms. The molecule has 3 rings (SSSR count). The zero-order chi connectivity index (χ0) is 25.4. The Morgan fingerprint density at radius 2 is 1.86 bits per heavy atom. The molecular formula is C24H27N5O5S. The Hall–Kier alpha value is -3.86. The van der Waals surface area contributed by atoms with Crippen molar-refractivity contribution in [3.05, 3.63) is 65.5 Å². The number of hydrogen-bond donors (Lipinski definition) is 3. The van der Waals surface area contributed by atoms with Crippen molar-refractivity contribution in [1.29, 1.82) is 0 Å². The molecule has 3 N–H and O–H groups in total. The number of rotatable bonds is 11. The molecule has 1 heterocycles. The van der Waals surface area contributed by atoms with Crippen LogP contribution in [0, 0.1) is 0 Å². The van der Waals surface area contributed by atoms with Crippen molar-refractivity contribution in [3.63, 3.8) is 0 Å². The van der Waals surface area contributed by atoms with Crippen LogP contribution in [0.3, 0.4) is 0 Å². The van der Waals surface area contributed by atoms with Gasteiger partial charge in [0.15, 0.2) is 11.0 Å². The summed E-state index contributed by atoms with van der Waals surface area (Å²) in [7, 11) is 1.59. The number of aromatic carboxylic acids is 1. The topological polar surface area (TPSA) is 135 Å². The van der Waals surface area contributed by atoms with Crippen LogP contribution in [0.15, 0.2) is 53.7 Å². The average molecular weight is 498 g/mol. The molecule has 11 heteroatoms. The van der Waals surface area contributed by atoms with Gasteiger partial charge in [-0.15, -0.1) is 10.2 Å². The molecule has 2 aromatic carbocycles. The number of carboxylic acids is 1. The zero-order valence-corrected chi connectivity index (χ0v) is 20.5. The first-order valence-corrected chi connectivity index (χ1v) is 11.9. The summed E-state index contributed by atoms with van der Waals surface area (Å²) in [5, 5.41) is 23.7. The smallest absolute Gasteiger partial charge is 0.335 e. The highest BCUT2D eigenvalue weighted by atomic mass is 32.2. The van der Waals surface area contributed by atoms with E-state index >= 15 is 0 Å². The second-order valence-corrected chi connectivity index (χ2v) is 8.56. The van der Waals surface area contributed by atoms with Gasteiger partial charge in [-0.2, -0.15) is 0 Å². The third-order valence-electron chi connectivity index (χ3n) is 5.08. The van der Waals surface area contributed by atoms with Gasteiger partial charge >= 0.3 is 5.97 Å². The van der Waals surface area contributed by atoms with E-state index in [0.717, 1.165) is 11.3 Å². The molecule has 184 valence electrons. The summed E-state index contributed by atoms with van der Waals surface area (Å²) in [6, 6.07) is 13.0. The molecule has 35 heavy (non-hydrogen) atoms. The van der Waals surface area contributed by atoms with E-state index in [9.17, 15) is 14.4 Å². The Morgan fingerprint density at radius 3 is 2.51 bits per heavy atom. The van der Waals surface area contributed by atoms with Crippen LogP contribution < -0.4 is 15.4 Å². The number of carbonyl (C=O) groups excluding carboxylic acids is 2. The van der Waals surface area contributed by atoms with E-state index in [4.69, 9.17) is 9.84 Å². The molecule has 1 aromatic heterocycles. The second kappa shape index (κ2) is 12.0. The minimum Gasteiger partial charge on any atom is -0.497 e. The van der Waals surface area contributed by atoms with Crippen LogP contribution in [0.4, 0.5) is 5.69 Å². The second-order valence-electron chi connectivity index (χ2n) is 7.62. The average Bonchev–Trinajstić information content (AvgIpc) is 3.26. The molecule has 0 fully saturated rings. The van der Waals surface area contributed by atoms with E-state index in [1.807, 2.05) is 42.7 Å². The number of benzene rings is 2. The molecule has 0 saturated heterocycles. The maximum atomic E-state index is 12.5. The van der Waals surface area contributed by atoms with Gasteiger partial charge in [0.25, 0.3) is 0 Å². The van der Waals surface area contributed by atoms with E-state index in [1.54, 1.807) is 19.2 Å². The highest BCUT2D eigenvalue weighted by Crippen LogP contribution is 2.21. The first kappa shape index (κ1) is 25.8. The Kier molecular flexibility index (Phi) is 8.85. The predicted octanol–water partition coefficient (Wildman–Crippen LogP) is 3.16. The summed E-state index contributed by atoms with van der Waals surface area (Å²) in [5.74, 6) is -0.132. The number of thioether (sulfide) groups is 1. The van der Waals surface area contributed by atoms with E-state index < -0.39 is 5.97 Å². The summed E-state index contributed by atoms with van der Waals surface area (Å²) in [6.45, 7) is 4.32. The van der Waals surface area contributed by atoms with Crippen LogP contribution in [0.2, 0.25) is 0 Å². The highest BCUT2D eigenvalue weighted by molar-refractivity contribution is 7.99. The fourth-order valence-corrected chi connectivity index (χ4v) is 4.18. The number of methoxy groups -OCH3 is 1. The van der Waals surface area contributed by atoms with Crippen molar-refractivity contribution in [2.24, 2.45) is 0 Å². The molecule has 10 nitrogen and oxygen atoms in total. The van der Waals surface area contributed by atoms with Crippen molar-refractivity contribution in [2.75, 3.05) is 18.2 Å². The third kappa shape index (κ3) is 7.06. The van der Waals surface area contributed by atoms with E-state index in [1.165, 1.54) is 23.9 Å². The molecular weight excluding hydrogens is 470 g/mol. The molecule has 0 unspecified atom stereocenters. The van der Waals surface area contributed by atoms with Gasteiger partial charge in [0.1, 0.15) is 5.75 Å². The number of hydrogen-bond acceptors (Lipinski definition) is 7. The molecule has 0 spiro atoms. The standard InChI is InChI=1S/C24H27N5O5S/c1-4-29-22(15(2)25-20(30)12-16-8-10-19(34-3)11-9-16)27-28-24(29)35-14-21(31)26-18-7-5-6-17(13-18)23(32)33/h5-11,13,15H,4,12,14H2,1-3H3,(H,25,30)(H,26,31)(H,32,33)/t15-/m0/s1. The van der Waals surface area contributed by atoms with Crippen LogP contribution >= 0.6 is 11.8 Å². The molecule has 3 aromatic rings. The van der Waals surface area contributed by atoms with Crippen LogP contribution in [0.25, 0.3) is 0 Å². The van der Waals surface area contributed by atoms with E-state index in [-0.39, 0.29) is 35.6 Å². The number of carboxylic acid groups (broad SMARTS) is 1. The number of nitrogens with one attached hydrogen (secondary N) is 2. The maximum Gasteiger partial charge on any atom is 0.335 e. The van der Waals surface area contributed by atoms with Crippen molar-refractivity contribution in [1.82, 2.24) is 20.1 Å². The van der Waals surface area contributed by atoms with Gasteiger partial charge < -0.3 is 25.0 Å². The summed E-state index contributed by atoms with van der Waals surface area (Å²) in [4.78, 5) is 36.0. The van der Waals surface area contributed by atoms with Gasteiger partial charge in [-0.25, -0.2) is 4.79 Å². The number of nitrogens with zero attached hydrogens (tertiary/aromatic N) is 3. The van der Waals surface area contributed by atoms with Crippen molar-refractivity contribution >= 4 is 35.2 Å². The minimum atomic E-state index is -1.07. The fraction of sp³-hybridized carbons (Fsp3) is 0.292. The van der Waals surface area contributed by atoms with Crippen molar-refractivity contribution < 1.29 is 24.2 Å². The zero-order valence-electron chi connectivity index (χ0n) is 19.6. The van der Waals surface area contributed by atoms with Gasteiger partial charge in [0.05, 0.1) is 30.9 Å². The minimum absolute atomic E-state index is 0.0631. The first-order chi connectivity index (χ1) is 16.8. The van der Waals surface area contributed by atoms with E-state index in [2.05, 4.69) is 20.8 Å². The Morgan fingerprint density at radius 1 is 1.11 bits per heavy atom. The summed E-state index contributed by atoms with van der Waals surface area (Å²) < 4.78 is 6.98. The lowest BCUT2D eigenvalue weighted by Crippen LogP contribution is -2.30. The van der Waals surface area contributed by atoms with Gasteiger partial charge in [-0.1, -0.05) is 30.0 Å². The molecule has 2 amide bonds. The molecule has 0 aliphatic carbocycles. The fourth-order valence-electron chi connectivity index (χ4n) is 3.37. The Balaban J connectivity index is 1.57. The lowest BCUT2D eigenvalue weighted by molar-refractivity contribution is -0.121. The summed E-state index contributed by atoms with van der Waals surface area (Å²) in [6.07, 6.45) is 0.222. The first-order valence-electron chi connectivity index (χ1n) is 10.9. The lowest BCUT2D eigenvalue weighted by atomic mass is 10.1. The van der Waals surface area contributed by atoms with Gasteiger partial charge in [0, 0.05) is 12.2 Å². The number of carbonyl (C=O) groups is 3. The monoisotopic (exact) mass is 497 g/mol. The van der Waals surface area contributed by atoms with Crippen LogP contribution in [-0.4, -0.2) is 50.5 Å². The number of ether oxygens (including phenoxy) is 1. The SMILES string of the molecule is CCn1c(SCC(=O)Nc2cccc(C(=O)O)c2)nnc1[C@H](C)NC(=O)Cc1ccc(OC)cc1. The van der Waals surface area contributed by atoms with Gasteiger partial charge in [0.2, 0.25) is 11.8 Å². The number of aromatic nitrogens is 3.